The molecule has 1 saturated heterocycles. The molecule has 3 aromatic heterocycles. The number of methoxy groups -OCH3 is 1. The number of carbonyl (C=O) groups excluding carboxylic acids is 1. The van der Waals surface area contributed by atoms with Crippen molar-refractivity contribution in [1.82, 2.24) is 24.7 Å². The predicted molar refractivity (Wildman–Crippen MR) is 107 cm³/mol. The fourth-order valence-corrected chi connectivity index (χ4v) is 3.80. The van der Waals surface area contributed by atoms with Crippen LogP contribution in [0.3, 0.4) is 0 Å². The van der Waals surface area contributed by atoms with Crippen LogP contribution >= 0.6 is 0 Å². The van der Waals surface area contributed by atoms with E-state index in [1.165, 1.54) is 6.07 Å². The second-order valence-electron chi connectivity index (χ2n) is 7.58. The van der Waals surface area contributed by atoms with Gasteiger partial charge in [-0.2, -0.15) is 17.7 Å². The molecule has 32 heavy (non-hydrogen) atoms. The Morgan fingerprint density at radius 2 is 2.03 bits per heavy atom. The number of rotatable bonds is 7. The van der Waals surface area contributed by atoms with E-state index in [-0.39, 0.29) is 17.5 Å². The number of furan rings is 1. The molecule has 0 spiro atoms. The summed E-state index contributed by atoms with van der Waals surface area (Å²) in [5.74, 6) is -0.257. The maximum atomic E-state index is 13.1. The van der Waals surface area contributed by atoms with Gasteiger partial charge in [-0.05, 0) is 37.1 Å². The molecule has 1 fully saturated rings. The first-order chi connectivity index (χ1) is 15.4. The van der Waals surface area contributed by atoms with Crippen molar-refractivity contribution in [1.29, 1.82) is 0 Å². The van der Waals surface area contributed by atoms with Crippen LogP contribution in [0, 0.1) is 5.92 Å². The average Bonchev–Trinajstić information content (AvgIpc) is 3.45. The summed E-state index contributed by atoms with van der Waals surface area (Å²) < 4.78 is 50.6. The lowest BCUT2D eigenvalue weighted by atomic mass is 9.95. The van der Waals surface area contributed by atoms with Crippen LogP contribution in [0.15, 0.2) is 34.9 Å². The number of piperidine rings is 1. The third-order valence-electron chi connectivity index (χ3n) is 5.47. The topological polar surface area (TPSA) is 89.0 Å². The third kappa shape index (κ3) is 4.69. The van der Waals surface area contributed by atoms with Crippen LogP contribution in [0.2, 0.25) is 0 Å². The quantitative estimate of drug-likeness (QED) is 0.545. The molecule has 172 valence electrons. The molecule has 0 bridgehead atoms. The van der Waals surface area contributed by atoms with E-state index < -0.39 is 12.0 Å². The number of fused-ring (bicyclic) bond motifs is 1. The molecule has 4 rings (SSSR count). The molecule has 1 aliphatic rings. The summed E-state index contributed by atoms with van der Waals surface area (Å²) in [6.07, 6.45) is -1.95. The first-order valence-electron chi connectivity index (χ1n) is 10.2. The van der Waals surface area contributed by atoms with Gasteiger partial charge in [0, 0.05) is 32.7 Å². The Morgan fingerprint density at radius 3 is 2.69 bits per heavy atom. The van der Waals surface area contributed by atoms with Crippen molar-refractivity contribution in [2.24, 2.45) is 5.92 Å². The predicted octanol–water partition coefficient (Wildman–Crippen LogP) is 2.63. The van der Waals surface area contributed by atoms with Gasteiger partial charge in [0.25, 0.3) is 5.82 Å². The molecular formula is C20H23F3N6O3. The summed E-state index contributed by atoms with van der Waals surface area (Å²) >= 11 is 0. The standard InChI is InChI=1S/C20H23F3N6O3/c1-31-12-10-28(13-15-3-2-11-32-15)18(30)14-6-8-27(9-7-14)17-5-4-16-24-25-19(20(21,22)23)29(16)26-17/h2-5,11,14H,6-10,12-13H2,1H3. The summed E-state index contributed by atoms with van der Waals surface area (Å²) in [4.78, 5) is 16.7. The molecular weight excluding hydrogens is 429 g/mol. The highest BCUT2D eigenvalue weighted by molar-refractivity contribution is 5.79. The van der Waals surface area contributed by atoms with Crippen molar-refractivity contribution in [3.8, 4) is 0 Å². The number of hydrogen-bond donors (Lipinski definition) is 0. The molecule has 0 N–H and O–H groups in total. The van der Waals surface area contributed by atoms with Crippen LogP contribution in [0.1, 0.15) is 24.4 Å². The number of aromatic nitrogens is 4. The highest BCUT2D eigenvalue weighted by atomic mass is 19.4. The minimum atomic E-state index is -4.65. The molecule has 0 saturated carbocycles. The van der Waals surface area contributed by atoms with Gasteiger partial charge < -0.3 is 19.0 Å². The van der Waals surface area contributed by atoms with Crippen LogP contribution in [0.4, 0.5) is 19.0 Å². The summed E-state index contributed by atoms with van der Waals surface area (Å²) in [5, 5.41) is 10.8. The minimum absolute atomic E-state index is 0.0136. The molecule has 0 aliphatic carbocycles. The van der Waals surface area contributed by atoms with Crippen molar-refractivity contribution in [3.05, 3.63) is 42.1 Å². The average molecular weight is 452 g/mol. The van der Waals surface area contributed by atoms with Crippen molar-refractivity contribution in [2.45, 2.75) is 25.6 Å². The monoisotopic (exact) mass is 452 g/mol. The summed E-state index contributed by atoms with van der Waals surface area (Å²) in [6, 6.07) is 6.67. The van der Waals surface area contributed by atoms with Gasteiger partial charge in [0.15, 0.2) is 5.65 Å². The fraction of sp³-hybridized carbons (Fsp3) is 0.500. The Morgan fingerprint density at radius 1 is 1.25 bits per heavy atom. The number of nitrogens with zero attached hydrogens (tertiary/aromatic N) is 6. The van der Waals surface area contributed by atoms with Crippen molar-refractivity contribution in [2.75, 3.05) is 38.3 Å². The molecule has 0 radical (unpaired) electrons. The van der Waals surface area contributed by atoms with Crippen LogP contribution in [0.5, 0.6) is 0 Å². The normalized spacial score (nSPS) is 15.4. The summed E-state index contributed by atoms with van der Waals surface area (Å²) in [7, 11) is 1.58. The van der Waals surface area contributed by atoms with Crippen LogP contribution < -0.4 is 4.90 Å². The number of ether oxygens (including phenoxy) is 1. The zero-order valence-electron chi connectivity index (χ0n) is 17.5. The van der Waals surface area contributed by atoms with Gasteiger partial charge in [0.05, 0.1) is 19.4 Å². The number of halogens is 3. The van der Waals surface area contributed by atoms with Gasteiger partial charge in [-0.25, -0.2) is 0 Å². The maximum Gasteiger partial charge on any atom is 0.453 e. The third-order valence-corrected chi connectivity index (χ3v) is 5.47. The Kier molecular flexibility index (Phi) is 6.31. The van der Waals surface area contributed by atoms with Crippen molar-refractivity contribution in [3.63, 3.8) is 0 Å². The highest BCUT2D eigenvalue weighted by Crippen LogP contribution is 2.29. The van der Waals surface area contributed by atoms with Crippen molar-refractivity contribution < 1.29 is 27.1 Å². The molecule has 9 nitrogen and oxygen atoms in total. The van der Waals surface area contributed by atoms with E-state index in [0.29, 0.717) is 61.7 Å². The Bertz CT molecular complexity index is 1040. The smallest absolute Gasteiger partial charge is 0.453 e. The molecule has 0 aromatic carbocycles. The Labute approximate surface area is 181 Å². The van der Waals surface area contributed by atoms with E-state index in [2.05, 4.69) is 15.3 Å². The van der Waals surface area contributed by atoms with Crippen LogP contribution in [-0.2, 0) is 22.3 Å². The van der Waals surface area contributed by atoms with E-state index in [1.54, 1.807) is 30.4 Å². The summed E-state index contributed by atoms with van der Waals surface area (Å²) in [5.41, 5.74) is 0.0258. The number of carbonyl (C=O) groups is 1. The lowest BCUT2D eigenvalue weighted by Crippen LogP contribution is -2.43. The Balaban J connectivity index is 1.43. The molecule has 12 heteroatoms. The number of anilines is 1. The summed E-state index contributed by atoms with van der Waals surface area (Å²) in [6.45, 7) is 2.22. The van der Waals surface area contributed by atoms with Gasteiger partial charge in [-0.15, -0.1) is 15.3 Å². The first kappa shape index (κ1) is 22.1. The van der Waals surface area contributed by atoms with Gasteiger partial charge in [0.2, 0.25) is 5.91 Å². The van der Waals surface area contributed by atoms with E-state index in [9.17, 15) is 18.0 Å². The molecule has 0 atom stereocenters. The van der Waals surface area contributed by atoms with Crippen molar-refractivity contribution >= 4 is 17.4 Å². The van der Waals surface area contributed by atoms with E-state index in [1.807, 2.05) is 11.0 Å². The molecule has 3 aromatic rings. The molecule has 1 aliphatic heterocycles. The van der Waals surface area contributed by atoms with E-state index >= 15 is 0 Å². The maximum absolute atomic E-state index is 13.1. The number of hydrogen-bond acceptors (Lipinski definition) is 7. The lowest BCUT2D eigenvalue weighted by molar-refractivity contribution is -0.146. The Hall–Kier alpha value is -3.15. The fourth-order valence-electron chi connectivity index (χ4n) is 3.80. The van der Waals surface area contributed by atoms with Crippen LogP contribution in [-0.4, -0.2) is 64.0 Å². The van der Waals surface area contributed by atoms with Crippen LogP contribution in [0.25, 0.3) is 5.65 Å². The zero-order chi connectivity index (χ0) is 22.7. The zero-order valence-corrected chi connectivity index (χ0v) is 17.5. The first-order valence-corrected chi connectivity index (χ1v) is 10.2. The van der Waals surface area contributed by atoms with Gasteiger partial charge in [0.1, 0.15) is 11.6 Å². The second-order valence-corrected chi connectivity index (χ2v) is 7.58. The number of alkyl halides is 3. The van der Waals surface area contributed by atoms with Gasteiger partial charge in [-0.1, -0.05) is 0 Å². The number of amides is 1. The van der Waals surface area contributed by atoms with E-state index in [4.69, 9.17) is 9.15 Å². The SMILES string of the molecule is COCCN(Cc1ccco1)C(=O)C1CCN(c2ccc3nnc(C(F)(F)F)n3n2)CC1. The van der Waals surface area contributed by atoms with E-state index in [0.717, 1.165) is 0 Å². The lowest BCUT2D eigenvalue weighted by Gasteiger charge is -2.34. The van der Waals surface area contributed by atoms with Gasteiger partial charge >= 0.3 is 6.18 Å². The second kappa shape index (κ2) is 9.15. The molecule has 1 amide bonds. The largest absolute Gasteiger partial charge is 0.467 e. The minimum Gasteiger partial charge on any atom is -0.467 e. The molecule has 0 unspecified atom stereocenters. The highest BCUT2D eigenvalue weighted by Gasteiger charge is 2.38. The van der Waals surface area contributed by atoms with Gasteiger partial charge in [-0.3, -0.25) is 4.79 Å². The molecule has 4 heterocycles.